The molecule has 0 fully saturated rings. The van der Waals surface area contributed by atoms with Crippen LogP contribution in [-0.4, -0.2) is 19.9 Å². The number of hydrogen-bond donors (Lipinski definition) is 1. The molecule has 0 radical (unpaired) electrons. The molecule has 0 aliphatic rings. The molecule has 5 heteroatoms. The highest BCUT2D eigenvalue weighted by molar-refractivity contribution is 6.07. The Hall–Kier alpha value is -4.43. The van der Waals surface area contributed by atoms with Crippen LogP contribution in [-0.2, 0) is 0 Å². The zero-order valence-corrected chi connectivity index (χ0v) is 17.7. The second-order valence-electron chi connectivity index (χ2n) is 7.71. The van der Waals surface area contributed by atoms with Gasteiger partial charge in [-0.2, -0.15) is 5.10 Å². The number of hydrogen-bond acceptors (Lipinski definition) is 3. The van der Waals surface area contributed by atoms with Crippen LogP contribution < -0.4 is 0 Å². The summed E-state index contributed by atoms with van der Waals surface area (Å²) in [4.78, 5) is 8.86. The van der Waals surface area contributed by atoms with Gasteiger partial charge in [0.1, 0.15) is 5.75 Å². The molecule has 0 aliphatic heterocycles. The molecule has 32 heavy (non-hydrogen) atoms. The summed E-state index contributed by atoms with van der Waals surface area (Å²) < 4.78 is 1.81. The Morgan fingerprint density at radius 3 is 2.25 bits per heavy atom. The molecule has 3 aromatic carbocycles. The first kappa shape index (κ1) is 19.5. The van der Waals surface area contributed by atoms with Crippen LogP contribution in [0.1, 0.15) is 11.3 Å². The molecule has 0 aliphatic carbocycles. The number of phenols is 1. The number of phenolic OH excluding ortho intramolecular Hbond substituents is 1. The van der Waals surface area contributed by atoms with Gasteiger partial charge in [-0.05, 0) is 37.6 Å². The highest BCUT2D eigenvalue weighted by Crippen LogP contribution is 2.46. The third-order valence-electron chi connectivity index (χ3n) is 5.58. The summed E-state index contributed by atoms with van der Waals surface area (Å²) in [7, 11) is 0. The molecule has 1 N–H and O–H groups in total. The van der Waals surface area contributed by atoms with Crippen molar-refractivity contribution in [3.8, 4) is 33.8 Å². The molecule has 2 heterocycles. The molecule has 2 aromatic heterocycles. The Balaban J connectivity index is 1.96. The van der Waals surface area contributed by atoms with E-state index in [-0.39, 0.29) is 5.75 Å². The second kappa shape index (κ2) is 7.68. The lowest BCUT2D eigenvalue weighted by atomic mass is 9.96. The quantitative estimate of drug-likeness (QED) is 0.336. The van der Waals surface area contributed by atoms with Crippen molar-refractivity contribution in [1.29, 1.82) is 0 Å². The van der Waals surface area contributed by atoms with Gasteiger partial charge in [-0.15, -0.1) is 0 Å². The molecule has 0 saturated heterocycles. The maximum atomic E-state index is 10.7. The van der Waals surface area contributed by atoms with E-state index in [4.69, 9.17) is 16.7 Å². The summed E-state index contributed by atoms with van der Waals surface area (Å²) in [6.07, 6.45) is 0. The Bertz CT molecular complexity index is 1490. The zero-order chi connectivity index (χ0) is 22.2. The van der Waals surface area contributed by atoms with Gasteiger partial charge in [0.05, 0.1) is 23.6 Å². The summed E-state index contributed by atoms with van der Waals surface area (Å²) in [6, 6.07) is 24.9. The van der Waals surface area contributed by atoms with Crippen LogP contribution in [0.3, 0.4) is 0 Å². The van der Waals surface area contributed by atoms with Gasteiger partial charge in [-0.25, -0.2) is 14.5 Å². The second-order valence-corrected chi connectivity index (χ2v) is 7.71. The van der Waals surface area contributed by atoms with E-state index in [1.807, 2.05) is 80.6 Å². The molecule has 0 amide bonds. The first-order valence-corrected chi connectivity index (χ1v) is 10.3. The highest BCUT2D eigenvalue weighted by atomic mass is 16.3. The number of benzene rings is 3. The van der Waals surface area contributed by atoms with Crippen LogP contribution in [0, 0.1) is 20.4 Å². The van der Waals surface area contributed by atoms with Crippen molar-refractivity contribution in [2.75, 3.05) is 0 Å². The van der Waals surface area contributed by atoms with E-state index in [9.17, 15) is 5.11 Å². The van der Waals surface area contributed by atoms with Crippen LogP contribution in [0.5, 0.6) is 5.75 Å². The van der Waals surface area contributed by atoms with E-state index in [1.54, 1.807) is 16.8 Å². The first-order chi connectivity index (χ1) is 15.6. The number of para-hydroxylation sites is 2. The highest BCUT2D eigenvalue weighted by Gasteiger charge is 2.24. The summed E-state index contributed by atoms with van der Waals surface area (Å²) in [5, 5.41) is 16.2. The first-order valence-electron chi connectivity index (χ1n) is 10.3. The van der Waals surface area contributed by atoms with Crippen LogP contribution in [0.4, 0.5) is 5.69 Å². The zero-order valence-electron chi connectivity index (χ0n) is 17.7. The Morgan fingerprint density at radius 1 is 0.875 bits per heavy atom. The number of aromatic hydroxyl groups is 1. The molecule has 0 spiro atoms. The van der Waals surface area contributed by atoms with E-state index < -0.39 is 0 Å². The summed E-state index contributed by atoms with van der Waals surface area (Å²) in [5.41, 5.74) is 6.47. The molecule has 154 valence electrons. The van der Waals surface area contributed by atoms with E-state index in [2.05, 4.69) is 4.85 Å². The predicted octanol–water partition coefficient (Wildman–Crippen LogP) is 6.63. The number of pyridine rings is 1. The van der Waals surface area contributed by atoms with Crippen molar-refractivity contribution < 1.29 is 5.11 Å². The van der Waals surface area contributed by atoms with Crippen LogP contribution >= 0.6 is 0 Å². The fourth-order valence-corrected chi connectivity index (χ4v) is 4.02. The Kier molecular flexibility index (Phi) is 4.68. The number of aryl methyl sites for hydroxylation is 2. The fraction of sp³-hybridized carbons (Fsp3) is 0.0741. The minimum absolute atomic E-state index is 0.117. The van der Waals surface area contributed by atoms with Gasteiger partial charge in [0.25, 0.3) is 0 Å². The normalized spacial score (nSPS) is 10.9. The molecular formula is C27H20N4O. The third-order valence-corrected chi connectivity index (χ3v) is 5.58. The van der Waals surface area contributed by atoms with Crippen molar-refractivity contribution in [2.45, 2.75) is 13.8 Å². The van der Waals surface area contributed by atoms with Crippen molar-refractivity contribution in [3.05, 3.63) is 102 Å². The van der Waals surface area contributed by atoms with E-state index >= 15 is 0 Å². The van der Waals surface area contributed by atoms with Crippen LogP contribution in [0.25, 0.3) is 44.0 Å². The molecular weight excluding hydrogens is 396 g/mol. The van der Waals surface area contributed by atoms with E-state index in [0.29, 0.717) is 28.2 Å². The summed E-state index contributed by atoms with van der Waals surface area (Å²) in [5.74, 6) is 0.117. The third kappa shape index (κ3) is 3.10. The van der Waals surface area contributed by atoms with Crippen molar-refractivity contribution in [3.63, 3.8) is 0 Å². The van der Waals surface area contributed by atoms with Crippen molar-refractivity contribution >= 4 is 16.7 Å². The predicted molar refractivity (Wildman–Crippen MR) is 127 cm³/mol. The number of fused-ring (bicyclic) bond motifs is 1. The molecule has 0 atom stereocenters. The summed E-state index contributed by atoms with van der Waals surface area (Å²) >= 11 is 0. The van der Waals surface area contributed by atoms with Gasteiger partial charge in [-0.1, -0.05) is 66.2 Å². The molecule has 0 bridgehead atoms. The Labute approximate surface area is 186 Å². The van der Waals surface area contributed by atoms with Gasteiger partial charge in [0.15, 0.2) is 5.65 Å². The van der Waals surface area contributed by atoms with Crippen molar-refractivity contribution in [1.82, 2.24) is 14.8 Å². The van der Waals surface area contributed by atoms with Crippen LogP contribution in [0.15, 0.2) is 78.9 Å². The van der Waals surface area contributed by atoms with Gasteiger partial charge in [-0.3, -0.25) is 0 Å². The molecule has 0 unspecified atom stereocenters. The summed E-state index contributed by atoms with van der Waals surface area (Å²) in [6.45, 7) is 12.0. The van der Waals surface area contributed by atoms with Gasteiger partial charge in [0, 0.05) is 16.5 Å². The SMILES string of the molecule is [C-]#[N+]c1c(-c2ccc(C)cc2)nc2c(c(C)nn2-c2ccccc2)c1-c1ccccc1O. The molecule has 5 nitrogen and oxygen atoms in total. The van der Waals surface area contributed by atoms with Gasteiger partial charge >= 0.3 is 0 Å². The van der Waals surface area contributed by atoms with Gasteiger partial charge in [0.2, 0.25) is 5.69 Å². The maximum Gasteiger partial charge on any atom is 0.221 e. The molecule has 0 saturated carbocycles. The lowest BCUT2D eigenvalue weighted by Gasteiger charge is -2.14. The van der Waals surface area contributed by atoms with Crippen molar-refractivity contribution in [2.24, 2.45) is 0 Å². The lowest BCUT2D eigenvalue weighted by molar-refractivity contribution is 0.477. The van der Waals surface area contributed by atoms with Gasteiger partial charge < -0.3 is 5.11 Å². The maximum absolute atomic E-state index is 10.7. The minimum Gasteiger partial charge on any atom is -0.507 e. The lowest BCUT2D eigenvalue weighted by Crippen LogP contribution is -1.99. The minimum atomic E-state index is 0.117. The van der Waals surface area contributed by atoms with Crippen LogP contribution in [0.2, 0.25) is 0 Å². The smallest absolute Gasteiger partial charge is 0.221 e. The molecule has 5 aromatic rings. The largest absolute Gasteiger partial charge is 0.507 e. The standard InChI is InChI=1S/C27H20N4O/c1-17-13-15-19(16-14-17)25-26(28-3)24(21-11-7-8-12-22(21)32)23-18(2)30-31(27(23)29-25)20-9-5-4-6-10-20/h4-16,32H,1-2H3. The Morgan fingerprint density at radius 2 is 1.56 bits per heavy atom. The fourth-order valence-electron chi connectivity index (χ4n) is 4.02. The number of aromatic nitrogens is 3. The monoisotopic (exact) mass is 416 g/mol. The number of nitrogens with zero attached hydrogens (tertiary/aromatic N) is 4. The topological polar surface area (TPSA) is 55.3 Å². The van der Waals surface area contributed by atoms with E-state index in [1.165, 1.54) is 0 Å². The molecule has 5 rings (SSSR count). The average Bonchev–Trinajstić information content (AvgIpc) is 3.15. The number of rotatable bonds is 3. The van der Waals surface area contributed by atoms with E-state index in [0.717, 1.165) is 27.9 Å². The average molecular weight is 416 g/mol.